The standard InChI is InChI=1S/C27H30ClN3O2S2/c1-19-7-6-14-31(17-19)18-21(29)16-25(30-24-11-4-3-10-23(24)28)27-13-12-26(34-27)20-8-5-9-22(15-20)35(2,32)33/h3-5,8-13,15-16,19,29-30H,6-7,14,17-18H2,1-2H3/b25-16-,29-21?. The summed E-state index contributed by atoms with van der Waals surface area (Å²) in [5.41, 5.74) is 2.94. The van der Waals surface area contributed by atoms with Gasteiger partial charge in [-0.2, -0.15) is 0 Å². The molecule has 0 amide bonds. The fourth-order valence-electron chi connectivity index (χ4n) is 4.29. The molecular formula is C27H30ClN3O2S2. The first-order valence-corrected chi connectivity index (χ1v) is 14.7. The van der Waals surface area contributed by atoms with Crippen LogP contribution in [0.25, 0.3) is 16.1 Å². The fraction of sp³-hybridized carbons (Fsp3) is 0.296. The molecule has 1 aliphatic heterocycles. The molecule has 1 saturated heterocycles. The van der Waals surface area contributed by atoms with E-state index < -0.39 is 9.84 Å². The van der Waals surface area contributed by atoms with Crippen LogP contribution in [0.4, 0.5) is 5.69 Å². The Morgan fingerprint density at radius 2 is 2.00 bits per heavy atom. The molecule has 1 aromatic heterocycles. The molecule has 0 saturated carbocycles. The second-order valence-electron chi connectivity index (χ2n) is 9.13. The van der Waals surface area contributed by atoms with E-state index in [0.717, 1.165) is 39.8 Å². The molecule has 2 aromatic carbocycles. The summed E-state index contributed by atoms with van der Waals surface area (Å²) < 4.78 is 24.0. The minimum absolute atomic E-state index is 0.299. The van der Waals surface area contributed by atoms with Gasteiger partial charge in [-0.3, -0.25) is 4.90 Å². The van der Waals surface area contributed by atoms with Crippen molar-refractivity contribution in [3.8, 4) is 10.4 Å². The number of hydrogen-bond acceptors (Lipinski definition) is 6. The molecule has 35 heavy (non-hydrogen) atoms. The Morgan fingerprint density at radius 1 is 1.20 bits per heavy atom. The predicted octanol–water partition coefficient (Wildman–Crippen LogP) is 6.68. The highest BCUT2D eigenvalue weighted by Gasteiger charge is 2.18. The lowest BCUT2D eigenvalue weighted by molar-refractivity contribution is 0.207. The van der Waals surface area contributed by atoms with E-state index in [2.05, 4.69) is 17.1 Å². The fourth-order valence-corrected chi connectivity index (χ4v) is 6.11. The third kappa shape index (κ3) is 6.82. The Morgan fingerprint density at radius 3 is 2.74 bits per heavy atom. The largest absolute Gasteiger partial charge is 0.353 e. The van der Waals surface area contributed by atoms with Gasteiger partial charge in [-0.1, -0.05) is 42.8 Å². The van der Waals surface area contributed by atoms with Crippen LogP contribution in [0.5, 0.6) is 0 Å². The van der Waals surface area contributed by atoms with E-state index in [0.29, 0.717) is 28.1 Å². The Balaban J connectivity index is 1.64. The lowest BCUT2D eigenvalue weighted by atomic mass is 10.00. The SMILES string of the molecule is CC1CCCN(CC(=N)/C=C(\Nc2ccccc2Cl)c2ccc(-c3cccc(S(C)(=O)=O)c3)s2)C1. The van der Waals surface area contributed by atoms with Gasteiger partial charge in [0.25, 0.3) is 0 Å². The molecule has 1 aliphatic rings. The summed E-state index contributed by atoms with van der Waals surface area (Å²) in [6, 6.07) is 18.5. The van der Waals surface area contributed by atoms with Gasteiger partial charge in [-0.15, -0.1) is 11.3 Å². The van der Waals surface area contributed by atoms with Crippen LogP contribution < -0.4 is 5.32 Å². The molecule has 4 rings (SSSR count). The third-order valence-corrected chi connectivity index (χ3v) is 8.62. The normalized spacial score (nSPS) is 17.3. The Bertz CT molecular complexity index is 1350. The minimum atomic E-state index is -3.29. The Hall–Kier alpha value is -2.45. The van der Waals surface area contributed by atoms with Gasteiger partial charge >= 0.3 is 0 Å². The number of likely N-dealkylation sites (tertiary alicyclic amines) is 1. The smallest absolute Gasteiger partial charge is 0.175 e. The maximum atomic E-state index is 12.0. The van der Waals surface area contributed by atoms with Crippen molar-refractivity contribution >= 4 is 49.9 Å². The zero-order chi connectivity index (χ0) is 25.0. The number of piperidine rings is 1. The topological polar surface area (TPSA) is 73.3 Å². The molecule has 0 radical (unpaired) electrons. The van der Waals surface area contributed by atoms with Crippen LogP contribution in [-0.2, 0) is 9.84 Å². The van der Waals surface area contributed by atoms with Crippen LogP contribution >= 0.6 is 22.9 Å². The Labute approximate surface area is 216 Å². The lowest BCUT2D eigenvalue weighted by Gasteiger charge is -2.30. The van der Waals surface area contributed by atoms with E-state index >= 15 is 0 Å². The van der Waals surface area contributed by atoms with Crippen molar-refractivity contribution in [2.45, 2.75) is 24.7 Å². The molecule has 3 aromatic rings. The van der Waals surface area contributed by atoms with Crippen LogP contribution in [0.15, 0.2) is 71.6 Å². The van der Waals surface area contributed by atoms with Crippen LogP contribution in [0, 0.1) is 11.3 Å². The molecule has 8 heteroatoms. The average molecular weight is 528 g/mol. The molecule has 0 bridgehead atoms. The van der Waals surface area contributed by atoms with Crippen molar-refractivity contribution in [1.29, 1.82) is 5.41 Å². The molecule has 1 atom stereocenters. The van der Waals surface area contributed by atoms with Gasteiger partial charge in [-0.25, -0.2) is 8.42 Å². The van der Waals surface area contributed by atoms with Gasteiger partial charge in [-0.05, 0) is 73.3 Å². The molecule has 1 unspecified atom stereocenters. The molecule has 5 nitrogen and oxygen atoms in total. The van der Waals surface area contributed by atoms with Crippen molar-refractivity contribution in [3.05, 3.63) is 76.6 Å². The number of hydrogen-bond donors (Lipinski definition) is 2. The first kappa shape index (κ1) is 25.6. The van der Waals surface area contributed by atoms with Crippen molar-refractivity contribution in [2.24, 2.45) is 5.92 Å². The zero-order valence-electron chi connectivity index (χ0n) is 19.9. The van der Waals surface area contributed by atoms with Gasteiger partial charge in [0.1, 0.15) is 0 Å². The molecule has 2 N–H and O–H groups in total. The summed E-state index contributed by atoms with van der Waals surface area (Å²) in [7, 11) is -3.29. The van der Waals surface area contributed by atoms with Crippen LogP contribution in [0.1, 0.15) is 24.6 Å². The Kier molecular flexibility index (Phi) is 8.12. The molecule has 1 fully saturated rings. The molecule has 184 valence electrons. The van der Waals surface area contributed by atoms with E-state index in [9.17, 15) is 8.42 Å². The number of halogens is 1. The number of sulfone groups is 1. The van der Waals surface area contributed by atoms with Gasteiger partial charge < -0.3 is 10.7 Å². The maximum Gasteiger partial charge on any atom is 0.175 e. The van der Waals surface area contributed by atoms with Crippen LogP contribution in [0.2, 0.25) is 5.02 Å². The number of benzene rings is 2. The number of para-hydroxylation sites is 1. The van der Waals surface area contributed by atoms with Crippen molar-refractivity contribution in [2.75, 3.05) is 31.2 Å². The second kappa shape index (κ2) is 11.1. The zero-order valence-corrected chi connectivity index (χ0v) is 22.3. The number of anilines is 1. The van der Waals surface area contributed by atoms with E-state index in [1.807, 2.05) is 48.5 Å². The van der Waals surface area contributed by atoms with E-state index in [1.165, 1.54) is 19.1 Å². The van der Waals surface area contributed by atoms with Crippen molar-refractivity contribution in [1.82, 2.24) is 4.90 Å². The number of rotatable bonds is 8. The van der Waals surface area contributed by atoms with Gasteiger partial charge in [0.05, 0.1) is 26.2 Å². The second-order valence-corrected chi connectivity index (χ2v) is 12.6. The first-order valence-electron chi connectivity index (χ1n) is 11.6. The third-order valence-electron chi connectivity index (χ3n) is 6.02. The summed E-state index contributed by atoms with van der Waals surface area (Å²) in [5, 5.41) is 12.7. The van der Waals surface area contributed by atoms with Gasteiger partial charge in [0.15, 0.2) is 9.84 Å². The quantitative estimate of drug-likeness (QED) is 0.320. The van der Waals surface area contributed by atoms with E-state index in [-0.39, 0.29) is 0 Å². The number of nitrogens with one attached hydrogen (secondary N) is 2. The monoisotopic (exact) mass is 527 g/mol. The molecular weight excluding hydrogens is 498 g/mol. The summed E-state index contributed by atoms with van der Waals surface area (Å²) in [5.74, 6) is 0.656. The maximum absolute atomic E-state index is 12.0. The molecule has 0 spiro atoms. The molecule has 0 aliphatic carbocycles. The van der Waals surface area contributed by atoms with Gasteiger partial charge in [0, 0.05) is 29.9 Å². The van der Waals surface area contributed by atoms with Crippen molar-refractivity contribution in [3.63, 3.8) is 0 Å². The van der Waals surface area contributed by atoms with Crippen LogP contribution in [-0.4, -0.2) is 44.9 Å². The summed E-state index contributed by atoms with van der Waals surface area (Å²) in [6.45, 7) is 4.91. The van der Waals surface area contributed by atoms with E-state index in [1.54, 1.807) is 29.5 Å². The van der Waals surface area contributed by atoms with Gasteiger partial charge in [0.2, 0.25) is 0 Å². The highest BCUT2D eigenvalue weighted by atomic mass is 35.5. The number of nitrogens with zero attached hydrogens (tertiary/aromatic N) is 1. The minimum Gasteiger partial charge on any atom is -0.353 e. The van der Waals surface area contributed by atoms with Crippen LogP contribution in [0.3, 0.4) is 0 Å². The van der Waals surface area contributed by atoms with E-state index in [4.69, 9.17) is 17.0 Å². The summed E-state index contributed by atoms with van der Waals surface area (Å²) in [6.07, 6.45) is 5.52. The summed E-state index contributed by atoms with van der Waals surface area (Å²) in [4.78, 5) is 4.54. The average Bonchev–Trinajstić information content (AvgIpc) is 3.30. The van der Waals surface area contributed by atoms with Crippen molar-refractivity contribution < 1.29 is 8.42 Å². The summed E-state index contributed by atoms with van der Waals surface area (Å²) >= 11 is 7.97. The lowest BCUT2D eigenvalue weighted by Crippen LogP contribution is -2.37. The number of thiophene rings is 1. The highest BCUT2D eigenvalue weighted by Crippen LogP contribution is 2.34. The molecule has 2 heterocycles. The first-order chi connectivity index (χ1) is 16.7. The highest BCUT2D eigenvalue weighted by molar-refractivity contribution is 7.90. The predicted molar refractivity (Wildman–Crippen MR) is 148 cm³/mol.